The Hall–Kier alpha value is -2.48. The van der Waals surface area contributed by atoms with E-state index >= 15 is 0 Å². The van der Waals surface area contributed by atoms with Gasteiger partial charge in [0.15, 0.2) is 0 Å². The number of hydrogen-bond donors (Lipinski definition) is 0. The third-order valence-electron chi connectivity index (χ3n) is 5.46. The molecule has 0 atom stereocenters. The Morgan fingerprint density at radius 3 is 2.03 bits per heavy atom. The fraction of sp³-hybridized carbons (Fsp3) is 0.333. The predicted molar refractivity (Wildman–Crippen MR) is 119 cm³/mol. The summed E-state index contributed by atoms with van der Waals surface area (Å²) in [6, 6.07) is 19.7. The Morgan fingerprint density at radius 2 is 1.31 bits per heavy atom. The lowest BCUT2D eigenvalue weighted by Crippen LogP contribution is -1.93. The van der Waals surface area contributed by atoms with Crippen LogP contribution in [0.1, 0.15) is 57.4 Å². The van der Waals surface area contributed by atoms with Gasteiger partial charge in [-0.2, -0.15) is 0 Å². The molecule has 3 aromatic rings. The first kappa shape index (κ1) is 21.2. The molecule has 0 amide bonds. The fourth-order valence-electron chi connectivity index (χ4n) is 3.83. The first-order valence-electron chi connectivity index (χ1n) is 10.8. The minimum atomic E-state index is -0.355. The minimum Gasteiger partial charge on any atom is -0.207 e. The van der Waals surface area contributed by atoms with Crippen molar-refractivity contribution < 1.29 is 8.78 Å². The second-order valence-corrected chi connectivity index (χ2v) is 7.74. The molecule has 0 aliphatic rings. The summed E-state index contributed by atoms with van der Waals surface area (Å²) in [4.78, 5) is 0. The third kappa shape index (κ3) is 6.00. The highest BCUT2D eigenvalue weighted by atomic mass is 19.1. The van der Waals surface area contributed by atoms with Crippen molar-refractivity contribution in [2.45, 2.75) is 58.3 Å². The van der Waals surface area contributed by atoms with Crippen molar-refractivity contribution >= 4 is 0 Å². The van der Waals surface area contributed by atoms with Gasteiger partial charge in [-0.25, -0.2) is 8.78 Å². The molecule has 152 valence electrons. The van der Waals surface area contributed by atoms with Crippen molar-refractivity contribution in [3.05, 3.63) is 83.9 Å². The molecule has 0 saturated carbocycles. The number of halogens is 2. The fourth-order valence-corrected chi connectivity index (χ4v) is 3.83. The van der Waals surface area contributed by atoms with Gasteiger partial charge in [-0.1, -0.05) is 94.0 Å². The molecular weight excluding hydrogens is 362 g/mol. The highest BCUT2D eigenvalue weighted by Crippen LogP contribution is 2.34. The highest BCUT2D eigenvalue weighted by molar-refractivity contribution is 5.83. The lowest BCUT2D eigenvalue weighted by atomic mass is 9.93. The Balaban J connectivity index is 1.72. The largest absolute Gasteiger partial charge is 0.207 e. The summed E-state index contributed by atoms with van der Waals surface area (Å²) in [5, 5.41) is 0. The molecule has 0 aliphatic heterocycles. The summed E-state index contributed by atoms with van der Waals surface area (Å²) in [6.45, 7) is 2.23. The number of unbranched alkanes of at least 4 members (excludes halogenated alkanes) is 6. The van der Waals surface area contributed by atoms with Crippen molar-refractivity contribution in [2.75, 3.05) is 0 Å². The van der Waals surface area contributed by atoms with Gasteiger partial charge in [0.1, 0.15) is 11.6 Å². The van der Waals surface area contributed by atoms with Crippen molar-refractivity contribution in [3.63, 3.8) is 0 Å². The van der Waals surface area contributed by atoms with Crippen LogP contribution in [0.15, 0.2) is 66.7 Å². The maximum Gasteiger partial charge on any atom is 0.131 e. The minimum absolute atomic E-state index is 0.284. The Morgan fingerprint density at radius 1 is 0.621 bits per heavy atom. The Kier molecular flexibility index (Phi) is 7.98. The average molecular weight is 393 g/mol. The van der Waals surface area contributed by atoms with Crippen LogP contribution < -0.4 is 0 Å². The lowest BCUT2D eigenvalue weighted by molar-refractivity contribution is 0.587. The van der Waals surface area contributed by atoms with Crippen LogP contribution in [0.5, 0.6) is 0 Å². The number of hydrogen-bond acceptors (Lipinski definition) is 0. The predicted octanol–water partition coefficient (Wildman–Crippen LogP) is 8.59. The monoisotopic (exact) mass is 392 g/mol. The van der Waals surface area contributed by atoms with E-state index in [1.54, 1.807) is 18.2 Å². The molecule has 0 radical (unpaired) electrons. The van der Waals surface area contributed by atoms with Gasteiger partial charge in [0.25, 0.3) is 0 Å². The molecule has 0 saturated heterocycles. The summed E-state index contributed by atoms with van der Waals surface area (Å²) in [6.07, 6.45) is 9.61. The molecule has 0 aliphatic carbocycles. The zero-order chi connectivity index (χ0) is 20.5. The van der Waals surface area contributed by atoms with Gasteiger partial charge in [0.05, 0.1) is 0 Å². The molecule has 0 heterocycles. The van der Waals surface area contributed by atoms with Crippen LogP contribution in [0.2, 0.25) is 0 Å². The zero-order valence-corrected chi connectivity index (χ0v) is 17.3. The summed E-state index contributed by atoms with van der Waals surface area (Å²) < 4.78 is 28.9. The standard InChI is InChI=1S/C27H30F2/c1-2-3-4-5-6-7-9-12-21-15-17-25(27(29)19-21)26-20-23(28)16-18-24(26)22-13-10-8-11-14-22/h8,10-11,13-20H,2-7,9,12H2,1H3. The Bertz CT molecular complexity index is 900. The Labute approximate surface area is 173 Å². The topological polar surface area (TPSA) is 0 Å². The van der Waals surface area contributed by atoms with E-state index in [0.29, 0.717) is 11.1 Å². The van der Waals surface area contributed by atoms with Gasteiger partial charge < -0.3 is 0 Å². The maximum atomic E-state index is 15.0. The van der Waals surface area contributed by atoms with Crippen LogP contribution in [0.25, 0.3) is 22.3 Å². The van der Waals surface area contributed by atoms with E-state index in [9.17, 15) is 8.78 Å². The summed E-state index contributed by atoms with van der Waals surface area (Å²) in [5.41, 5.74) is 3.85. The van der Waals surface area contributed by atoms with E-state index in [1.807, 2.05) is 36.4 Å². The SMILES string of the molecule is CCCCCCCCCc1ccc(-c2cc(F)ccc2-c2ccccc2)c(F)c1. The van der Waals surface area contributed by atoms with E-state index in [2.05, 4.69) is 6.92 Å². The normalized spacial score (nSPS) is 11.0. The van der Waals surface area contributed by atoms with Crippen molar-refractivity contribution in [3.8, 4) is 22.3 Å². The summed E-state index contributed by atoms with van der Waals surface area (Å²) >= 11 is 0. The molecule has 0 fully saturated rings. The summed E-state index contributed by atoms with van der Waals surface area (Å²) in [5.74, 6) is -0.639. The molecule has 0 spiro atoms. The second-order valence-electron chi connectivity index (χ2n) is 7.74. The zero-order valence-electron chi connectivity index (χ0n) is 17.3. The van der Waals surface area contributed by atoms with Crippen molar-refractivity contribution in [1.29, 1.82) is 0 Å². The van der Waals surface area contributed by atoms with Crippen molar-refractivity contribution in [2.24, 2.45) is 0 Å². The molecule has 0 N–H and O–H groups in total. The van der Waals surface area contributed by atoms with Crippen LogP contribution in [0, 0.1) is 11.6 Å². The number of benzene rings is 3. The molecule has 0 unspecified atom stereocenters. The van der Waals surface area contributed by atoms with Gasteiger partial charge in [0.2, 0.25) is 0 Å². The molecule has 0 nitrogen and oxygen atoms in total. The molecular formula is C27H30F2. The average Bonchev–Trinajstić information content (AvgIpc) is 2.74. The smallest absolute Gasteiger partial charge is 0.131 e. The molecule has 3 rings (SSSR count). The first-order valence-corrected chi connectivity index (χ1v) is 10.8. The van der Waals surface area contributed by atoms with Gasteiger partial charge in [0, 0.05) is 5.56 Å². The van der Waals surface area contributed by atoms with E-state index < -0.39 is 0 Å². The second kappa shape index (κ2) is 10.9. The molecule has 0 aromatic heterocycles. The number of rotatable bonds is 10. The molecule has 0 bridgehead atoms. The van der Waals surface area contributed by atoms with Crippen LogP contribution in [0.4, 0.5) is 8.78 Å². The molecule has 29 heavy (non-hydrogen) atoms. The van der Waals surface area contributed by atoms with Crippen LogP contribution in [-0.4, -0.2) is 0 Å². The van der Waals surface area contributed by atoms with Gasteiger partial charge in [-0.15, -0.1) is 0 Å². The third-order valence-corrected chi connectivity index (χ3v) is 5.46. The van der Waals surface area contributed by atoms with Gasteiger partial charge in [-0.05, 0) is 53.3 Å². The van der Waals surface area contributed by atoms with E-state index in [4.69, 9.17) is 0 Å². The van der Waals surface area contributed by atoms with Gasteiger partial charge >= 0.3 is 0 Å². The quantitative estimate of drug-likeness (QED) is 0.303. The lowest BCUT2D eigenvalue weighted by Gasteiger charge is -2.12. The highest BCUT2D eigenvalue weighted by Gasteiger charge is 2.13. The van der Waals surface area contributed by atoms with Crippen molar-refractivity contribution in [1.82, 2.24) is 0 Å². The van der Waals surface area contributed by atoms with Gasteiger partial charge in [-0.3, -0.25) is 0 Å². The first-order chi connectivity index (χ1) is 14.2. The number of aryl methyl sites for hydroxylation is 1. The summed E-state index contributed by atoms with van der Waals surface area (Å²) in [7, 11) is 0. The van der Waals surface area contributed by atoms with Crippen LogP contribution >= 0.6 is 0 Å². The maximum absolute atomic E-state index is 15.0. The molecule has 2 heteroatoms. The molecule has 3 aromatic carbocycles. The van der Waals surface area contributed by atoms with E-state index in [1.165, 1.54) is 50.7 Å². The van der Waals surface area contributed by atoms with Crippen LogP contribution in [-0.2, 0) is 6.42 Å². The van der Waals surface area contributed by atoms with Crippen LogP contribution in [0.3, 0.4) is 0 Å². The van der Waals surface area contributed by atoms with E-state index in [0.717, 1.165) is 29.5 Å². The van der Waals surface area contributed by atoms with E-state index in [-0.39, 0.29) is 11.6 Å².